The van der Waals surface area contributed by atoms with Gasteiger partial charge in [-0.3, -0.25) is 10.1 Å². The van der Waals surface area contributed by atoms with E-state index < -0.39 is 0 Å². The van der Waals surface area contributed by atoms with E-state index in [0.29, 0.717) is 18.1 Å². The van der Waals surface area contributed by atoms with Crippen LogP contribution in [-0.2, 0) is 13.1 Å². The van der Waals surface area contributed by atoms with Crippen LogP contribution >= 0.6 is 0 Å². The first-order valence-electron chi connectivity index (χ1n) is 9.64. The number of aromatic nitrogens is 5. The first-order valence-corrected chi connectivity index (χ1v) is 9.64. The van der Waals surface area contributed by atoms with Crippen LogP contribution < -0.4 is 5.32 Å². The van der Waals surface area contributed by atoms with Crippen LogP contribution in [0.1, 0.15) is 42.0 Å². The van der Waals surface area contributed by atoms with Gasteiger partial charge < -0.3 is 4.57 Å². The van der Waals surface area contributed by atoms with Gasteiger partial charge in [-0.1, -0.05) is 19.1 Å². The Morgan fingerprint density at radius 1 is 1.14 bits per heavy atom. The summed E-state index contributed by atoms with van der Waals surface area (Å²) < 4.78 is 3.89. The van der Waals surface area contributed by atoms with Crippen molar-refractivity contribution in [2.24, 2.45) is 0 Å². The van der Waals surface area contributed by atoms with E-state index >= 15 is 0 Å². The van der Waals surface area contributed by atoms with Crippen molar-refractivity contribution in [1.82, 2.24) is 24.3 Å². The quantitative estimate of drug-likeness (QED) is 0.569. The number of para-hydroxylation sites is 2. The number of carbonyl (C=O) groups is 1. The van der Waals surface area contributed by atoms with Crippen LogP contribution in [0.15, 0.2) is 30.3 Å². The Morgan fingerprint density at radius 2 is 1.93 bits per heavy atom. The van der Waals surface area contributed by atoms with E-state index in [1.165, 1.54) is 0 Å². The molecule has 3 heterocycles. The Balaban J connectivity index is 1.81. The predicted molar refractivity (Wildman–Crippen MR) is 111 cm³/mol. The van der Waals surface area contributed by atoms with E-state index in [-0.39, 0.29) is 5.91 Å². The molecule has 1 N–H and O–H groups in total. The second kappa shape index (κ2) is 7.07. The highest BCUT2D eigenvalue weighted by Crippen LogP contribution is 2.25. The normalized spacial score (nSPS) is 11.4. The maximum atomic E-state index is 13.2. The van der Waals surface area contributed by atoms with Crippen molar-refractivity contribution < 1.29 is 4.79 Å². The maximum Gasteiger partial charge on any atom is 0.258 e. The van der Waals surface area contributed by atoms with Gasteiger partial charge in [0.15, 0.2) is 5.65 Å². The number of hydrogen-bond acceptors (Lipinski definition) is 4. The summed E-state index contributed by atoms with van der Waals surface area (Å²) in [6, 6.07) is 9.74. The lowest BCUT2D eigenvalue weighted by molar-refractivity contribution is 0.102. The molecule has 4 rings (SSSR count). The molecule has 0 bridgehead atoms. The standard InChI is InChI=1S/C21H24N6O/c1-5-11-26-17-10-8-7-9-16(17)23-21(26)24-20(28)15-12-13(3)22-19-18(15)14(4)25-27(19)6-2/h7-10,12H,5-6,11H2,1-4H3,(H,23,24,28). The number of rotatable bonds is 5. The highest BCUT2D eigenvalue weighted by molar-refractivity contribution is 6.12. The van der Waals surface area contributed by atoms with E-state index in [0.717, 1.165) is 46.4 Å². The van der Waals surface area contributed by atoms with Gasteiger partial charge in [0, 0.05) is 18.8 Å². The molecular weight excluding hydrogens is 352 g/mol. The summed E-state index contributed by atoms with van der Waals surface area (Å²) in [6.07, 6.45) is 0.949. The largest absolute Gasteiger partial charge is 0.310 e. The summed E-state index contributed by atoms with van der Waals surface area (Å²) in [6.45, 7) is 9.42. The minimum absolute atomic E-state index is 0.193. The molecule has 0 radical (unpaired) electrons. The van der Waals surface area contributed by atoms with Crippen molar-refractivity contribution in [3.05, 3.63) is 47.3 Å². The van der Waals surface area contributed by atoms with Gasteiger partial charge in [0.2, 0.25) is 5.95 Å². The predicted octanol–water partition coefficient (Wildman–Crippen LogP) is 4.08. The second-order valence-corrected chi connectivity index (χ2v) is 6.94. The van der Waals surface area contributed by atoms with Gasteiger partial charge in [-0.15, -0.1) is 0 Å². The summed E-state index contributed by atoms with van der Waals surface area (Å²) >= 11 is 0. The molecule has 0 saturated carbocycles. The minimum Gasteiger partial charge on any atom is -0.310 e. The number of nitrogens with zero attached hydrogens (tertiary/aromatic N) is 5. The average molecular weight is 376 g/mol. The van der Waals surface area contributed by atoms with Gasteiger partial charge in [0.25, 0.3) is 5.91 Å². The Morgan fingerprint density at radius 3 is 2.68 bits per heavy atom. The second-order valence-electron chi connectivity index (χ2n) is 6.94. The molecule has 0 unspecified atom stereocenters. The Bertz CT molecular complexity index is 1190. The third-order valence-electron chi connectivity index (χ3n) is 4.88. The molecule has 1 aromatic carbocycles. The van der Waals surface area contributed by atoms with E-state index in [1.807, 2.05) is 55.8 Å². The third-order valence-corrected chi connectivity index (χ3v) is 4.88. The molecule has 28 heavy (non-hydrogen) atoms. The van der Waals surface area contributed by atoms with Crippen LogP contribution in [0.3, 0.4) is 0 Å². The number of imidazole rings is 1. The van der Waals surface area contributed by atoms with E-state index in [1.54, 1.807) is 0 Å². The number of benzene rings is 1. The number of pyridine rings is 1. The first kappa shape index (κ1) is 18.2. The number of nitrogens with one attached hydrogen (secondary N) is 1. The summed E-state index contributed by atoms with van der Waals surface area (Å²) in [7, 11) is 0. The minimum atomic E-state index is -0.193. The van der Waals surface area contributed by atoms with Gasteiger partial charge in [-0.25, -0.2) is 14.6 Å². The summed E-state index contributed by atoms with van der Waals surface area (Å²) in [5.74, 6) is 0.373. The molecule has 7 heteroatoms. The fourth-order valence-corrected chi connectivity index (χ4v) is 3.67. The van der Waals surface area contributed by atoms with E-state index in [4.69, 9.17) is 0 Å². The lowest BCUT2D eigenvalue weighted by Crippen LogP contribution is -2.17. The fraction of sp³-hybridized carbons (Fsp3) is 0.333. The highest BCUT2D eigenvalue weighted by Gasteiger charge is 2.20. The molecule has 0 aliphatic carbocycles. The zero-order chi connectivity index (χ0) is 19.8. The molecule has 0 atom stereocenters. The molecule has 4 aromatic rings. The van der Waals surface area contributed by atoms with Gasteiger partial charge in [0.1, 0.15) is 0 Å². The summed E-state index contributed by atoms with van der Waals surface area (Å²) in [5, 5.41) is 8.35. The molecule has 7 nitrogen and oxygen atoms in total. The van der Waals surface area contributed by atoms with E-state index in [9.17, 15) is 4.79 Å². The molecule has 0 fully saturated rings. The molecule has 0 saturated heterocycles. The maximum absolute atomic E-state index is 13.2. The summed E-state index contributed by atoms with van der Waals surface area (Å²) in [4.78, 5) is 22.5. The SMILES string of the molecule is CCCn1c(NC(=O)c2cc(C)nc3c2c(C)nn3CC)nc2ccccc21. The first-order chi connectivity index (χ1) is 13.5. The van der Waals surface area contributed by atoms with E-state index in [2.05, 4.69) is 31.9 Å². The molecular formula is C21H24N6O. The van der Waals surface area contributed by atoms with Crippen molar-refractivity contribution in [1.29, 1.82) is 0 Å². The zero-order valence-electron chi connectivity index (χ0n) is 16.7. The topological polar surface area (TPSA) is 77.6 Å². The van der Waals surface area contributed by atoms with Crippen molar-refractivity contribution in [3.8, 4) is 0 Å². The number of hydrogen-bond donors (Lipinski definition) is 1. The zero-order valence-corrected chi connectivity index (χ0v) is 16.7. The number of anilines is 1. The van der Waals surface area contributed by atoms with Gasteiger partial charge in [-0.05, 0) is 45.4 Å². The molecule has 3 aromatic heterocycles. The van der Waals surface area contributed by atoms with Gasteiger partial charge >= 0.3 is 0 Å². The monoisotopic (exact) mass is 376 g/mol. The van der Waals surface area contributed by atoms with Crippen molar-refractivity contribution in [2.75, 3.05) is 5.32 Å². The number of aryl methyl sites for hydroxylation is 4. The van der Waals surface area contributed by atoms with Crippen LogP contribution in [0.4, 0.5) is 5.95 Å². The number of fused-ring (bicyclic) bond motifs is 2. The summed E-state index contributed by atoms with van der Waals surface area (Å²) in [5.41, 5.74) is 4.80. The van der Waals surface area contributed by atoms with Crippen LogP contribution in [0.2, 0.25) is 0 Å². The van der Waals surface area contributed by atoms with Crippen LogP contribution in [0.5, 0.6) is 0 Å². The van der Waals surface area contributed by atoms with Crippen molar-refractivity contribution in [3.63, 3.8) is 0 Å². The lowest BCUT2D eigenvalue weighted by Gasteiger charge is -2.10. The number of carbonyl (C=O) groups excluding carboxylic acids is 1. The average Bonchev–Trinajstić information content (AvgIpc) is 3.19. The highest BCUT2D eigenvalue weighted by atomic mass is 16.1. The van der Waals surface area contributed by atoms with Crippen molar-refractivity contribution >= 4 is 33.9 Å². The Labute approximate surface area is 163 Å². The van der Waals surface area contributed by atoms with Crippen LogP contribution in [0.25, 0.3) is 22.1 Å². The molecule has 0 spiro atoms. The van der Waals surface area contributed by atoms with Crippen LogP contribution in [0, 0.1) is 13.8 Å². The third kappa shape index (κ3) is 2.93. The smallest absolute Gasteiger partial charge is 0.258 e. The van der Waals surface area contributed by atoms with Gasteiger partial charge in [-0.2, -0.15) is 5.10 Å². The molecule has 0 aliphatic heterocycles. The molecule has 1 amide bonds. The molecule has 0 aliphatic rings. The molecule has 144 valence electrons. The Kier molecular flexibility index (Phi) is 4.58. The van der Waals surface area contributed by atoms with Crippen LogP contribution in [-0.4, -0.2) is 30.2 Å². The lowest BCUT2D eigenvalue weighted by atomic mass is 10.1. The van der Waals surface area contributed by atoms with Crippen molar-refractivity contribution in [2.45, 2.75) is 47.2 Å². The Hall–Kier alpha value is -3.22. The number of amides is 1. The fourth-order valence-electron chi connectivity index (χ4n) is 3.67. The van der Waals surface area contributed by atoms with Gasteiger partial charge in [0.05, 0.1) is 27.7 Å².